The van der Waals surface area contributed by atoms with E-state index in [0.717, 1.165) is 18.6 Å². The Morgan fingerprint density at radius 1 is 1.40 bits per heavy atom. The van der Waals surface area contributed by atoms with Crippen LogP contribution in [-0.2, 0) is 0 Å². The minimum absolute atomic E-state index is 0.399. The van der Waals surface area contributed by atoms with Crippen LogP contribution in [0.4, 0.5) is 0 Å². The summed E-state index contributed by atoms with van der Waals surface area (Å²) in [5.74, 6) is 0.399. The maximum atomic E-state index is 8.78. The first-order valence-corrected chi connectivity index (χ1v) is 3.70. The van der Waals surface area contributed by atoms with Crippen LogP contribution >= 0.6 is 0 Å². The summed E-state index contributed by atoms with van der Waals surface area (Å²) in [6, 6.07) is 0. The van der Waals surface area contributed by atoms with E-state index in [9.17, 15) is 0 Å². The van der Waals surface area contributed by atoms with Gasteiger partial charge in [-0.15, -0.1) is 0 Å². The Balaban J connectivity index is 0.000000371. The number of hydrogen-bond acceptors (Lipinski definition) is 2. The summed E-state index contributed by atoms with van der Waals surface area (Å²) in [6.45, 7) is 5.96. The smallest absolute Gasteiger partial charge is 0.111 e. The predicted octanol–water partition coefficient (Wildman–Crippen LogP) is 2.67. The quantitative estimate of drug-likeness (QED) is 0.552. The normalized spacial score (nSPS) is 16.3. The molecule has 1 N–H and O–H groups in total. The van der Waals surface area contributed by atoms with Crippen LogP contribution in [0.3, 0.4) is 0 Å². The summed E-state index contributed by atoms with van der Waals surface area (Å²) < 4.78 is 0. The van der Waals surface area contributed by atoms with Crippen LogP contribution in [0.1, 0.15) is 33.6 Å². The minimum Gasteiger partial charge on any atom is -0.511 e. The lowest BCUT2D eigenvalue weighted by molar-refractivity contribution is 0.387. The van der Waals surface area contributed by atoms with Gasteiger partial charge in [-0.25, -0.2) is 0 Å². The van der Waals surface area contributed by atoms with E-state index in [1.165, 1.54) is 6.20 Å². The zero-order valence-electron chi connectivity index (χ0n) is 6.89. The molecule has 2 heteroatoms. The minimum atomic E-state index is 0.399. The van der Waals surface area contributed by atoms with Crippen molar-refractivity contribution in [3.8, 4) is 0 Å². The Labute approximate surface area is 62.3 Å². The Bertz CT molecular complexity index is 129. The molecule has 0 fully saturated rings. The first-order valence-electron chi connectivity index (χ1n) is 3.70. The van der Waals surface area contributed by atoms with Crippen molar-refractivity contribution in [1.82, 2.24) is 0 Å². The van der Waals surface area contributed by atoms with E-state index < -0.39 is 0 Å². The molecule has 0 unspecified atom stereocenters. The Morgan fingerprint density at radius 2 is 2.00 bits per heavy atom. The van der Waals surface area contributed by atoms with Crippen molar-refractivity contribution >= 4 is 5.71 Å². The number of aliphatic imine (C=N–C) groups is 1. The van der Waals surface area contributed by atoms with Crippen molar-refractivity contribution in [2.45, 2.75) is 33.6 Å². The second kappa shape index (κ2) is 5.03. The second-order valence-corrected chi connectivity index (χ2v) is 1.98. The molecule has 0 radical (unpaired) electrons. The van der Waals surface area contributed by atoms with Gasteiger partial charge >= 0.3 is 0 Å². The van der Waals surface area contributed by atoms with Gasteiger partial charge in [-0.1, -0.05) is 13.8 Å². The topological polar surface area (TPSA) is 32.6 Å². The molecule has 0 saturated heterocycles. The molecule has 0 atom stereocenters. The fourth-order valence-electron chi connectivity index (χ4n) is 0.623. The number of hydrogen-bond donors (Lipinski definition) is 1. The summed E-state index contributed by atoms with van der Waals surface area (Å²) >= 11 is 0. The van der Waals surface area contributed by atoms with Crippen molar-refractivity contribution in [1.29, 1.82) is 0 Å². The molecule has 0 aliphatic carbocycles. The van der Waals surface area contributed by atoms with E-state index in [0.29, 0.717) is 5.76 Å². The maximum Gasteiger partial charge on any atom is 0.111 e. The van der Waals surface area contributed by atoms with E-state index in [-0.39, 0.29) is 0 Å². The standard InChI is InChI=1S/C6H9NO.C2H6/c1-5-2-3-6(8)4-7-5;1-2/h4,8H,2-3H2,1H3;1-2H3. The Hall–Kier alpha value is -0.790. The summed E-state index contributed by atoms with van der Waals surface area (Å²) in [5, 5.41) is 8.78. The van der Waals surface area contributed by atoms with Crippen LogP contribution in [0.2, 0.25) is 0 Å². The molecule has 0 bridgehead atoms. The largest absolute Gasteiger partial charge is 0.511 e. The fourth-order valence-corrected chi connectivity index (χ4v) is 0.623. The van der Waals surface area contributed by atoms with Crippen LogP contribution in [-0.4, -0.2) is 10.8 Å². The number of allylic oxidation sites excluding steroid dienone is 1. The molecule has 0 spiro atoms. The fraction of sp³-hybridized carbons (Fsp3) is 0.625. The van der Waals surface area contributed by atoms with Gasteiger partial charge in [0, 0.05) is 12.1 Å². The van der Waals surface area contributed by atoms with Crippen LogP contribution in [0.25, 0.3) is 0 Å². The third-order valence-corrected chi connectivity index (χ3v) is 1.18. The molecular formula is C8H15NO. The van der Waals surface area contributed by atoms with E-state index >= 15 is 0 Å². The number of nitrogens with zero attached hydrogens (tertiary/aromatic N) is 1. The molecule has 1 aliphatic rings. The first-order chi connectivity index (χ1) is 4.79. The summed E-state index contributed by atoms with van der Waals surface area (Å²) in [7, 11) is 0. The third-order valence-electron chi connectivity index (χ3n) is 1.18. The van der Waals surface area contributed by atoms with Crippen LogP contribution < -0.4 is 0 Å². The molecule has 1 rings (SSSR count). The number of rotatable bonds is 0. The van der Waals surface area contributed by atoms with E-state index in [4.69, 9.17) is 5.11 Å². The van der Waals surface area contributed by atoms with Crippen molar-refractivity contribution < 1.29 is 5.11 Å². The van der Waals surface area contributed by atoms with Gasteiger partial charge in [0.05, 0.1) is 6.20 Å². The summed E-state index contributed by atoms with van der Waals surface area (Å²) in [5.41, 5.74) is 1.10. The Kier molecular flexibility index (Phi) is 4.63. The Morgan fingerprint density at radius 3 is 2.30 bits per heavy atom. The van der Waals surface area contributed by atoms with Gasteiger partial charge in [-0.3, -0.25) is 4.99 Å². The highest BCUT2D eigenvalue weighted by Gasteiger charge is 1.99. The lowest BCUT2D eigenvalue weighted by Gasteiger charge is -2.03. The van der Waals surface area contributed by atoms with Gasteiger partial charge in [-0.05, 0) is 13.3 Å². The van der Waals surface area contributed by atoms with E-state index in [2.05, 4.69) is 4.99 Å². The zero-order chi connectivity index (χ0) is 7.98. The maximum absolute atomic E-state index is 8.78. The van der Waals surface area contributed by atoms with Gasteiger partial charge in [0.25, 0.3) is 0 Å². The van der Waals surface area contributed by atoms with Crippen LogP contribution in [0.15, 0.2) is 17.0 Å². The highest BCUT2D eigenvalue weighted by molar-refractivity contribution is 5.83. The highest BCUT2D eigenvalue weighted by atomic mass is 16.3. The molecule has 1 aliphatic heterocycles. The molecule has 0 saturated carbocycles. The van der Waals surface area contributed by atoms with Gasteiger partial charge in [0.1, 0.15) is 5.76 Å². The molecule has 58 valence electrons. The molecule has 0 aromatic heterocycles. The molecule has 0 aromatic carbocycles. The second-order valence-electron chi connectivity index (χ2n) is 1.98. The molecule has 10 heavy (non-hydrogen) atoms. The summed E-state index contributed by atoms with van der Waals surface area (Å²) in [6.07, 6.45) is 3.18. The monoisotopic (exact) mass is 141 g/mol. The van der Waals surface area contributed by atoms with Crippen molar-refractivity contribution in [2.24, 2.45) is 4.99 Å². The first kappa shape index (κ1) is 9.21. The average molecular weight is 141 g/mol. The lowest BCUT2D eigenvalue weighted by atomic mass is 10.2. The molecular weight excluding hydrogens is 126 g/mol. The molecule has 0 amide bonds. The third kappa shape index (κ3) is 3.28. The average Bonchev–Trinajstić information content (AvgIpc) is 2.00. The van der Waals surface area contributed by atoms with Gasteiger partial charge < -0.3 is 5.11 Å². The number of aliphatic hydroxyl groups is 1. The summed E-state index contributed by atoms with van der Waals surface area (Å²) in [4.78, 5) is 3.92. The van der Waals surface area contributed by atoms with Crippen molar-refractivity contribution in [3.63, 3.8) is 0 Å². The van der Waals surface area contributed by atoms with Crippen LogP contribution in [0.5, 0.6) is 0 Å². The lowest BCUT2D eigenvalue weighted by Crippen LogP contribution is -1.96. The van der Waals surface area contributed by atoms with Gasteiger partial charge in [0.15, 0.2) is 0 Å². The van der Waals surface area contributed by atoms with Gasteiger partial charge in [-0.2, -0.15) is 0 Å². The van der Waals surface area contributed by atoms with E-state index in [1.807, 2.05) is 20.8 Å². The van der Waals surface area contributed by atoms with E-state index in [1.54, 1.807) is 0 Å². The van der Waals surface area contributed by atoms with Crippen molar-refractivity contribution in [2.75, 3.05) is 0 Å². The molecule has 1 heterocycles. The van der Waals surface area contributed by atoms with Crippen molar-refractivity contribution in [3.05, 3.63) is 12.0 Å². The predicted molar refractivity (Wildman–Crippen MR) is 44.4 cm³/mol. The number of aliphatic hydroxyl groups excluding tert-OH is 1. The molecule has 0 aromatic rings. The SMILES string of the molecule is CC.CC1=NC=C(O)CC1. The van der Waals surface area contributed by atoms with Crippen LogP contribution in [0, 0.1) is 0 Å². The molecule has 2 nitrogen and oxygen atoms in total. The highest BCUT2D eigenvalue weighted by Crippen LogP contribution is 2.07. The van der Waals surface area contributed by atoms with Gasteiger partial charge in [0.2, 0.25) is 0 Å². The zero-order valence-corrected chi connectivity index (χ0v) is 6.89.